The lowest BCUT2D eigenvalue weighted by molar-refractivity contribution is -0.152. The summed E-state index contributed by atoms with van der Waals surface area (Å²) in [5, 5.41) is 9.55. The largest absolute Gasteiger partial charge is 0.480 e. The van der Waals surface area contributed by atoms with E-state index in [4.69, 9.17) is 4.74 Å². The molecule has 0 heterocycles. The zero-order valence-electron chi connectivity index (χ0n) is 11.4. The molecule has 1 saturated carbocycles. The summed E-state index contributed by atoms with van der Waals surface area (Å²) >= 11 is 0. The average molecular weight is 243 g/mol. The number of carboxylic acids is 1. The second-order valence-electron chi connectivity index (χ2n) is 5.59. The highest BCUT2D eigenvalue weighted by Crippen LogP contribution is 2.36. The first-order chi connectivity index (χ1) is 7.91. The number of hydrogen-bond donors (Lipinski definition) is 1. The van der Waals surface area contributed by atoms with E-state index in [2.05, 4.69) is 18.7 Å². The molecule has 0 saturated heterocycles. The lowest BCUT2D eigenvalue weighted by Gasteiger charge is -2.39. The van der Waals surface area contributed by atoms with Gasteiger partial charge in [0.05, 0.1) is 6.61 Å². The predicted molar refractivity (Wildman–Crippen MR) is 67.1 cm³/mol. The molecule has 1 atom stereocenters. The molecule has 0 aromatic heterocycles. The fraction of sp³-hybridized carbons (Fsp3) is 0.923. The van der Waals surface area contributed by atoms with Gasteiger partial charge in [0.2, 0.25) is 0 Å². The van der Waals surface area contributed by atoms with Gasteiger partial charge in [0.1, 0.15) is 5.54 Å². The molecule has 0 aromatic carbocycles. The van der Waals surface area contributed by atoms with Crippen LogP contribution < -0.4 is 0 Å². The minimum absolute atomic E-state index is 0.375. The summed E-state index contributed by atoms with van der Waals surface area (Å²) < 4.78 is 5.10. The van der Waals surface area contributed by atoms with E-state index in [0.29, 0.717) is 31.5 Å². The van der Waals surface area contributed by atoms with Crippen molar-refractivity contribution in [3.8, 4) is 0 Å². The molecule has 0 amide bonds. The van der Waals surface area contributed by atoms with Crippen molar-refractivity contribution in [2.75, 3.05) is 20.3 Å². The van der Waals surface area contributed by atoms with Crippen molar-refractivity contribution in [2.45, 2.75) is 51.6 Å². The standard InChI is InChI=1S/C13H25NO3/c1-10(2)9-13(3,12(15)16)14(7-8-17-4)11-5-6-11/h10-11H,5-9H2,1-4H3,(H,15,16). The van der Waals surface area contributed by atoms with Gasteiger partial charge in [-0.05, 0) is 32.1 Å². The van der Waals surface area contributed by atoms with Crippen LogP contribution in [0.2, 0.25) is 0 Å². The number of nitrogens with zero attached hydrogens (tertiary/aromatic N) is 1. The van der Waals surface area contributed by atoms with Gasteiger partial charge in [-0.1, -0.05) is 13.8 Å². The molecule has 1 unspecified atom stereocenters. The van der Waals surface area contributed by atoms with Crippen molar-refractivity contribution in [1.82, 2.24) is 4.90 Å². The van der Waals surface area contributed by atoms with Crippen molar-refractivity contribution in [3.63, 3.8) is 0 Å². The number of carboxylic acid groups (broad SMARTS) is 1. The van der Waals surface area contributed by atoms with Crippen LogP contribution in [0.15, 0.2) is 0 Å². The van der Waals surface area contributed by atoms with Crippen LogP contribution in [0.3, 0.4) is 0 Å². The third-order valence-electron chi connectivity index (χ3n) is 3.42. The van der Waals surface area contributed by atoms with E-state index in [1.165, 1.54) is 0 Å². The van der Waals surface area contributed by atoms with Gasteiger partial charge in [0.15, 0.2) is 0 Å². The number of aliphatic carboxylic acids is 1. The van der Waals surface area contributed by atoms with Gasteiger partial charge in [0, 0.05) is 19.7 Å². The molecule has 1 aliphatic rings. The van der Waals surface area contributed by atoms with Gasteiger partial charge in [-0.25, -0.2) is 0 Å². The molecule has 0 bridgehead atoms. The zero-order chi connectivity index (χ0) is 13.1. The SMILES string of the molecule is COCCN(C1CC1)C(C)(CC(C)C)C(=O)O. The molecule has 17 heavy (non-hydrogen) atoms. The minimum Gasteiger partial charge on any atom is -0.480 e. The van der Waals surface area contributed by atoms with Crippen LogP contribution in [0.1, 0.15) is 40.0 Å². The van der Waals surface area contributed by atoms with Crippen molar-refractivity contribution in [1.29, 1.82) is 0 Å². The van der Waals surface area contributed by atoms with Gasteiger partial charge < -0.3 is 9.84 Å². The smallest absolute Gasteiger partial charge is 0.323 e. The van der Waals surface area contributed by atoms with Gasteiger partial charge in [0.25, 0.3) is 0 Å². The van der Waals surface area contributed by atoms with E-state index >= 15 is 0 Å². The third-order valence-corrected chi connectivity index (χ3v) is 3.42. The second-order valence-corrected chi connectivity index (χ2v) is 5.59. The van der Waals surface area contributed by atoms with E-state index in [1.807, 2.05) is 6.92 Å². The number of methoxy groups -OCH3 is 1. The Bertz CT molecular complexity index is 263. The van der Waals surface area contributed by atoms with Gasteiger partial charge >= 0.3 is 5.97 Å². The Balaban J connectivity index is 2.79. The van der Waals surface area contributed by atoms with E-state index in [9.17, 15) is 9.90 Å². The highest BCUT2D eigenvalue weighted by Gasteiger charge is 2.46. The summed E-state index contributed by atoms with van der Waals surface area (Å²) in [5.74, 6) is -0.339. The first kappa shape index (κ1) is 14.5. The zero-order valence-corrected chi connectivity index (χ0v) is 11.4. The summed E-state index contributed by atoms with van der Waals surface area (Å²) in [5.41, 5.74) is -0.756. The highest BCUT2D eigenvalue weighted by atomic mass is 16.5. The summed E-state index contributed by atoms with van der Waals surface area (Å²) in [6.07, 6.45) is 2.91. The monoisotopic (exact) mass is 243 g/mol. The lowest BCUT2D eigenvalue weighted by Crippen LogP contribution is -2.55. The molecular weight excluding hydrogens is 218 g/mol. The maximum Gasteiger partial charge on any atom is 0.323 e. The third kappa shape index (κ3) is 3.68. The normalized spacial score (nSPS) is 19.6. The predicted octanol–water partition coefficient (Wildman–Crippen LogP) is 1.99. The molecule has 1 N–H and O–H groups in total. The fourth-order valence-corrected chi connectivity index (χ4v) is 2.53. The van der Waals surface area contributed by atoms with Crippen LogP contribution in [-0.4, -0.2) is 47.8 Å². The van der Waals surface area contributed by atoms with Crippen LogP contribution in [0.5, 0.6) is 0 Å². The summed E-state index contributed by atoms with van der Waals surface area (Å²) in [6, 6.07) is 0.435. The minimum atomic E-state index is -0.756. The molecule has 4 heteroatoms. The molecule has 1 rings (SSSR count). The van der Waals surface area contributed by atoms with E-state index in [1.54, 1.807) is 7.11 Å². The summed E-state index contributed by atoms with van der Waals surface area (Å²) in [4.78, 5) is 13.7. The second kappa shape index (κ2) is 5.83. The van der Waals surface area contributed by atoms with Gasteiger partial charge in [-0.3, -0.25) is 9.69 Å². The van der Waals surface area contributed by atoms with Gasteiger partial charge in [-0.2, -0.15) is 0 Å². The molecule has 0 aromatic rings. The Hall–Kier alpha value is -0.610. The van der Waals surface area contributed by atoms with Crippen LogP contribution in [0.4, 0.5) is 0 Å². The number of hydrogen-bond acceptors (Lipinski definition) is 3. The fourth-order valence-electron chi connectivity index (χ4n) is 2.53. The Labute approximate surface area is 104 Å². The molecule has 0 spiro atoms. The Kier molecular flexibility index (Phi) is 4.95. The summed E-state index contributed by atoms with van der Waals surface area (Å²) in [7, 11) is 1.66. The van der Waals surface area contributed by atoms with Gasteiger partial charge in [-0.15, -0.1) is 0 Å². The van der Waals surface area contributed by atoms with Crippen molar-refractivity contribution in [2.24, 2.45) is 5.92 Å². The quantitative estimate of drug-likeness (QED) is 0.708. The molecule has 1 aliphatic carbocycles. The first-order valence-corrected chi connectivity index (χ1v) is 6.41. The molecular formula is C13H25NO3. The number of carbonyl (C=O) groups is 1. The maximum atomic E-state index is 11.6. The molecule has 1 fully saturated rings. The maximum absolute atomic E-state index is 11.6. The number of ether oxygens (including phenoxy) is 1. The van der Waals surface area contributed by atoms with Crippen LogP contribution >= 0.6 is 0 Å². The number of rotatable bonds is 8. The van der Waals surface area contributed by atoms with Crippen molar-refractivity contribution < 1.29 is 14.6 Å². The molecule has 0 radical (unpaired) electrons. The van der Waals surface area contributed by atoms with Crippen LogP contribution in [-0.2, 0) is 9.53 Å². The Morgan fingerprint density at radius 2 is 2.12 bits per heavy atom. The van der Waals surface area contributed by atoms with Crippen LogP contribution in [0.25, 0.3) is 0 Å². The van der Waals surface area contributed by atoms with E-state index in [0.717, 1.165) is 12.8 Å². The Morgan fingerprint density at radius 1 is 1.53 bits per heavy atom. The van der Waals surface area contributed by atoms with E-state index < -0.39 is 11.5 Å². The molecule has 4 nitrogen and oxygen atoms in total. The van der Waals surface area contributed by atoms with Crippen molar-refractivity contribution >= 4 is 5.97 Å². The summed E-state index contributed by atoms with van der Waals surface area (Å²) in [6.45, 7) is 7.29. The molecule has 0 aliphatic heterocycles. The van der Waals surface area contributed by atoms with Crippen LogP contribution in [0, 0.1) is 5.92 Å². The first-order valence-electron chi connectivity index (χ1n) is 6.41. The van der Waals surface area contributed by atoms with E-state index in [-0.39, 0.29) is 0 Å². The average Bonchev–Trinajstić information content (AvgIpc) is 3.01. The highest BCUT2D eigenvalue weighted by molar-refractivity contribution is 5.78. The Morgan fingerprint density at radius 3 is 2.47 bits per heavy atom. The lowest BCUT2D eigenvalue weighted by atomic mass is 9.88. The molecule has 100 valence electrons. The topological polar surface area (TPSA) is 49.8 Å². The van der Waals surface area contributed by atoms with Crippen molar-refractivity contribution in [3.05, 3.63) is 0 Å².